The zero-order chi connectivity index (χ0) is 32.4. The maximum absolute atomic E-state index is 14.7. The molecule has 0 heterocycles. The van der Waals surface area contributed by atoms with Crippen molar-refractivity contribution < 1.29 is 23.4 Å². The molecule has 11 heteroatoms. The average Bonchev–Trinajstić information content (AvgIpc) is 3.09. The molecule has 0 radical (unpaired) electrons. The van der Waals surface area contributed by atoms with Crippen molar-refractivity contribution in [2.24, 2.45) is 30.7 Å². The first kappa shape index (κ1) is 33.3. The molecule has 4 aromatic rings. The lowest BCUT2D eigenvalue weighted by atomic mass is 10.2. The fourth-order valence-electron chi connectivity index (χ4n) is 3.87. The lowest BCUT2D eigenvalue weighted by molar-refractivity contribution is -0.138. The molecule has 0 aliphatic carbocycles. The Bertz CT molecular complexity index is 1640. The summed E-state index contributed by atoms with van der Waals surface area (Å²) in [6.07, 6.45) is 5.75. The summed E-state index contributed by atoms with van der Waals surface area (Å²) in [7, 11) is 0. The van der Waals surface area contributed by atoms with Gasteiger partial charge in [0.2, 0.25) is 0 Å². The molecule has 0 atom stereocenters. The van der Waals surface area contributed by atoms with Crippen LogP contribution in [0.2, 0.25) is 0 Å². The fourth-order valence-corrected chi connectivity index (χ4v) is 3.87. The summed E-state index contributed by atoms with van der Waals surface area (Å²) in [6, 6.07) is 25.6. The van der Waals surface area contributed by atoms with Crippen LogP contribution in [0.5, 0.6) is 11.5 Å². The summed E-state index contributed by atoms with van der Waals surface area (Å²) in [5.41, 5.74) is 2.83. The van der Waals surface area contributed by atoms with Crippen LogP contribution < -0.4 is 9.47 Å². The maximum atomic E-state index is 14.7. The van der Waals surface area contributed by atoms with E-state index in [1.165, 1.54) is 31.4 Å². The highest BCUT2D eigenvalue weighted by molar-refractivity contribution is 5.81. The monoisotopic (exact) mass is 622 g/mol. The molecule has 236 valence electrons. The molecule has 10 nitrogen and oxygen atoms in total. The molecule has 0 saturated carbocycles. The van der Waals surface area contributed by atoms with Crippen LogP contribution in [0.25, 0.3) is 0 Å². The fraction of sp³-hybridized carbons (Fsp3) is 0.229. The molecule has 4 aromatic carbocycles. The Morgan fingerprint density at radius 1 is 0.630 bits per heavy atom. The number of nitrogens with zero attached hydrogens (tertiary/aromatic N) is 6. The van der Waals surface area contributed by atoms with Crippen LogP contribution >= 0.6 is 0 Å². The van der Waals surface area contributed by atoms with E-state index in [1.54, 1.807) is 54.6 Å². The first-order valence-corrected chi connectivity index (χ1v) is 14.9. The molecule has 0 fully saturated rings. The molecule has 0 N–H and O–H groups in total. The Kier molecular flexibility index (Phi) is 13.2. The number of hydrogen-bond acceptors (Lipinski definition) is 10. The van der Waals surface area contributed by atoms with Crippen LogP contribution in [-0.4, -0.2) is 25.8 Å². The Labute approximate surface area is 267 Å². The number of benzene rings is 4. The van der Waals surface area contributed by atoms with Gasteiger partial charge in [0.1, 0.15) is 30.4 Å². The molecule has 0 unspecified atom stereocenters. The van der Waals surface area contributed by atoms with E-state index in [4.69, 9.17) is 14.2 Å². The molecule has 0 aliphatic heterocycles. The van der Waals surface area contributed by atoms with Crippen LogP contribution in [0.15, 0.2) is 134 Å². The van der Waals surface area contributed by atoms with E-state index in [2.05, 4.69) is 44.2 Å². The minimum atomic E-state index is -0.584. The summed E-state index contributed by atoms with van der Waals surface area (Å²) in [5.74, 6) is 0.306. The Morgan fingerprint density at radius 3 is 1.63 bits per heavy atom. The lowest BCUT2D eigenvalue weighted by Crippen LogP contribution is -2.09. The number of carbonyl (C=O) groups excluding carboxylic acids is 1. The van der Waals surface area contributed by atoms with Gasteiger partial charge in [-0.1, -0.05) is 32.8 Å². The molecule has 0 spiro atoms. The van der Waals surface area contributed by atoms with Gasteiger partial charge in [0.15, 0.2) is 5.82 Å². The van der Waals surface area contributed by atoms with Gasteiger partial charge in [-0.05, 0) is 91.3 Å². The summed E-state index contributed by atoms with van der Waals surface area (Å²) < 4.78 is 30.8. The van der Waals surface area contributed by atoms with E-state index >= 15 is 0 Å². The van der Waals surface area contributed by atoms with Gasteiger partial charge in [0, 0.05) is 12.1 Å². The number of halogens is 1. The number of esters is 1. The first-order chi connectivity index (χ1) is 22.5. The number of ether oxygens (including phenoxy) is 3. The summed E-state index contributed by atoms with van der Waals surface area (Å²) in [4.78, 5) is 11.0. The van der Waals surface area contributed by atoms with Gasteiger partial charge >= 0.3 is 5.97 Å². The van der Waals surface area contributed by atoms with Crippen molar-refractivity contribution in [1.82, 2.24) is 0 Å². The minimum Gasteiger partial charge on any atom is -0.494 e. The van der Waals surface area contributed by atoms with Crippen molar-refractivity contribution in [3.8, 4) is 11.5 Å². The predicted octanol–water partition coefficient (Wildman–Crippen LogP) is 11.1. The number of azo groups is 3. The Morgan fingerprint density at radius 2 is 1.11 bits per heavy atom. The molecule has 46 heavy (non-hydrogen) atoms. The smallest absolute Gasteiger partial charge is 0.330 e. The zero-order valence-electron chi connectivity index (χ0n) is 25.6. The minimum absolute atomic E-state index is 0.0661. The molecule has 0 aromatic heterocycles. The van der Waals surface area contributed by atoms with Crippen LogP contribution in [0.1, 0.15) is 32.6 Å². The number of rotatable bonds is 17. The number of carbonyl (C=O) groups is 1. The van der Waals surface area contributed by atoms with Crippen molar-refractivity contribution in [3.05, 3.63) is 109 Å². The third kappa shape index (κ3) is 11.5. The lowest BCUT2D eigenvalue weighted by Gasteiger charge is -2.06. The zero-order valence-corrected chi connectivity index (χ0v) is 25.6. The van der Waals surface area contributed by atoms with Crippen molar-refractivity contribution in [3.63, 3.8) is 0 Å². The standard InChI is InChI=1S/C35H35FN6O4/c1-3-5-6-7-22-44-31-17-12-28(13-18-31)38-37-26-8-10-27(11-9-26)40-42-34-21-16-30(25-33(34)36)41-39-29-14-19-32(20-15-29)45-23-24-46-35(43)4-2/h4,8-21,25H,2-3,5-7,22-24H2,1H3. The quantitative estimate of drug-likeness (QED) is 0.0503. The van der Waals surface area contributed by atoms with Crippen molar-refractivity contribution in [1.29, 1.82) is 0 Å². The van der Waals surface area contributed by atoms with Crippen molar-refractivity contribution >= 4 is 40.1 Å². The summed E-state index contributed by atoms with van der Waals surface area (Å²) in [5, 5.41) is 24.9. The van der Waals surface area contributed by atoms with Crippen LogP contribution in [0.3, 0.4) is 0 Å². The highest BCUT2D eigenvalue weighted by atomic mass is 19.1. The Hall–Kier alpha value is -5.58. The summed E-state index contributed by atoms with van der Waals surface area (Å²) in [6.45, 7) is 6.54. The molecule has 0 amide bonds. The van der Waals surface area contributed by atoms with Gasteiger partial charge in [-0.15, -0.1) is 5.11 Å². The van der Waals surface area contributed by atoms with Gasteiger partial charge in [0.05, 0.1) is 35.0 Å². The highest BCUT2D eigenvalue weighted by Gasteiger charge is 2.04. The van der Waals surface area contributed by atoms with Gasteiger partial charge in [-0.25, -0.2) is 9.18 Å². The first-order valence-electron chi connectivity index (χ1n) is 14.9. The third-order valence-corrected chi connectivity index (χ3v) is 6.32. The second kappa shape index (κ2) is 18.3. The third-order valence-electron chi connectivity index (χ3n) is 6.32. The van der Waals surface area contributed by atoms with Crippen molar-refractivity contribution in [2.45, 2.75) is 32.6 Å². The SMILES string of the molecule is C=CC(=O)OCCOc1ccc(N=Nc2ccc(N=Nc3ccc(N=Nc4ccc(OCCCCCC)cc4)cc3)c(F)c2)cc1. The summed E-state index contributed by atoms with van der Waals surface area (Å²) >= 11 is 0. The van der Waals surface area contributed by atoms with Crippen LogP contribution in [0.4, 0.5) is 38.5 Å². The number of unbranched alkanes of at least 4 members (excludes halogenated alkanes) is 3. The van der Waals surface area contributed by atoms with Crippen molar-refractivity contribution in [2.75, 3.05) is 19.8 Å². The van der Waals surface area contributed by atoms with Gasteiger partial charge in [0.25, 0.3) is 0 Å². The molecule has 0 bridgehead atoms. The van der Waals surface area contributed by atoms with Gasteiger partial charge in [-0.2, -0.15) is 25.6 Å². The van der Waals surface area contributed by atoms with E-state index < -0.39 is 11.8 Å². The Balaban J connectivity index is 1.24. The van der Waals surface area contributed by atoms with Gasteiger partial charge < -0.3 is 14.2 Å². The van der Waals surface area contributed by atoms with E-state index in [0.29, 0.717) is 40.8 Å². The van der Waals surface area contributed by atoms with Crippen LogP contribution in [-0.2, 0) is 9.53 Å². The second-order valence-electron chi connectivity index (χ2n) is 9.87. The normalized spacial score (nSPS) is 11.3. The van der Waals surface area contributed by atoms with E-state index in [1.807, 2.05) is 24.3 Å². The largest absolute Gasteiger partial charge is 0.494 e. The highest BCUT2D eigenvalue weighted by Crippen LogP contribution is 2.28. The molecular formula is C35H35FN6O4. The molecule has 0 saturated heterocycles. The number of hydrogen-bond donors (Lipinski definition) is 0. The van der Waals surface area contributed by atoms with E-state index in [0.717, 1.165) is 18.2 Å². The average molecular weight is 623 g/mol. The molecule has 0 aliphatic rings. The molecular weight excluding hydrogens is 587 g/mol. The molecule has 4 rings (SSSR count). The maximum Gasteiger partial charge on any atom is 0.330 e. The second-order valence-corrected chi connectivity index (χ2v) is 9.87. The topological polar surface area (TPSA) is 119 Å². The van der Waals surface area contributed by atoms with Gasteiger partial charge in [-0.3, -0.25) is 0 Å². The predicted molar refractivity (Wildman–Crippen MR) is 175 cm³/mol. The van der Waals surface area contributed by atoms with E-state index in [-0.39, 0.29) is 18.9 Å². The van der Waals surface area contributed by atoms with E-state index in [9.17, 15) is 9.18 Å². The van der Waals surface area contributed by atoms with Crippen LogP contribution in [0, 0.1) is 5.82 Å².